The molecule has 1 aromatic heterocycles. The summed E-state index contributed by atoms with van der Waals surface area (Å²) in [6.07, 6.45) is 2.60. The van der Waals surface area contributed by atoms with Crippen LogP contribution in [0, 0.1) is 0 Å². The van der Waals surface area contributed by atoms with E-state index in [4.69, 9.17) is 0 Å². The first-order chi connectivity index (χ1) is 9.68. The second kappa shape index (κ2) is 5.38. The fourth-order valence-electron chi connectivity index (χ4n) is 2.42. The monoisotopic (exact) mass is 287 g/mol. The molecule has 104 valence electrons. The van der Waals surface area contributed by atoms with Crippen LogP contribution in [0.25, 0.3) is 11.1 Å². The van der Waals surface area contributed by atoms with E-state index >= 15 is 0 Å². The van der Waals surface area contributed by atoms with E-state index in [1.54, 1.807) is 0 Å². The molecule has 3 nitrogen and oxygen atoms in total. The van der Waals surface area contributed by atoms with Crippen LogP contribution in [0.1, 0.15) is 28.9 Å². The van der Waals surface area contributed by atoms with E-state index in [0.29, 0.717) is 11.4 Å². The fraction of sp³-hybridized carbons (Fsp3) is 0.312. The summed E-state index contributed by atoms with van der Waals surface area (Å²) < 4.78 is 0. The van der Waals surface area contributed by atoms with E-state index in [1.165, 1.54) is 11.3 Å². The number of hydrogen-bond donors (Lipinski definition) is 2. The molecule has 0 saturated heterocycles. The SMILES string of the molecule is O=C(NCC1(O)CCC1)c1sccc1-c1ccccc1. The van der Waals surface area contributed by atoms with Crippen molar-refractivity contribution >= 4 is 17.2 Å². The molecular weight excluding hydrogens is 270 g/mol. The standard InChI is InChI=1S/C16H17NO2S/c18-15(17-11-16(19)8-4-9-16)14-13(7-10-20-14)12-5-2-1-3-6-12/h1-3,5-7,10,19H,4,8-9,11H2,(H,17,18). The molecule has 4 heteroatoms. The number of benzene rings is 1. The molecule has 2 N–H and O–H groups in total. The van der Waals surface area contributed by atoms with Crippen molar-refractivity contribution in [3.05, 3.63) is 46.7 Å². The van der Waals surface area contributed by atoms with Gasteiger partial charge in [-0.15, -0.1) is 11.3 Å². The minimum Gasteiger partial charge on any atom is -0.388 e. The highest BCUT2D eigenvalue weighted by Crippen LogP contribution is 2.31. The number of thiophene rings is 1. The van der Waals surface area contributed by atoms with Crippen LogP contribution in [0.5, 0.6) is 0 Å². The largest absolute Gasteiger partial charge is 0.388 e. The summed E-state index contributed by atoms with van der Waals surface area (Å²) in [5.41, 5.74) is 1.31. The summed E-state index contributed by atoms with van der Waals surface area (Å²) in [6.45, 7) is 0.345. The number of rotatable bonds is 4. The molecule has 1 aromatic carbocycles. The average Bonchev–Trinajstić information content (AvgIpc) is 2.93. The third kappa shape index (κ3) is 2.62. The Hall–Kier alpha value is -1.65. The molecule has 0 spiro atoms. The van der Waals surface area contributed by atoms with E-state index in [2.05, 4.69) is 5.32 Å². The minimum absolute atomic E-state index is 0.0980. The van der Waals surface area contributed by atoms with Crippen LogP contribution in [0.2, 0.25) is 0 Å². The number of hydrogen-bond acceptors (Lipinski definition) is 3. The maximum Gasteiger partial charge on any atom is 0.262 e. The topological polar surface area (TPSA) is 49.3 Å². The van der Waals surface area contributed by atoms with Crippen molar-refractivity contribution in [2.24, 2.45) is 0 Å². The summed E-state index contributed by atoms with van der Waals surface area (Å²) in [7, 11) is 0. The molecule has 0 unspecified atom stereocenters. The Morgan fingerprint density at radius 3 is 2.65 bits per heavy atom. The minimum atomic E-state index is -0.681. The second-order valence-electron chi connectivity index (χ2n) is 5.29. The van der Waals surface area contributed by atoms with Crippen molar-refractivity contribution in [1.82, 2.24) is 5.32 Å². The summed E-state index contributed by atoms with van der Waals surface area (Å²) >= 11 is 1.44. The van der Waals surface area contributed by atoms with Crippen molar-refractivity contribution in [3.8, 4) is 11.1 Å². The maximum absolute atomic E-state index is 12.3. The van der Waals surface area contributed by atoms with Crippen LogP contribution in [0.3, 0.4) is 0 Å². The van der Waals surface area contributed by atoms with Gasteiger partial charge in [0.15, 0.2) is 0 Å². The zero-order chi connectivity index (χ0) is 14.0. The second-order valence-corrected chi connectivity index (χ2v) is 6.21. The van der Waals surface area contributed by atoms with Gasteiger partial charge in [-0.05, 0) is 36.3 Å². The first-order valence-electron chi connectivity index (χ1n) is 6.81. The van der Waals surface area contributed by atoms with Crippen molar-refractivity contribution in [3.63, 3.8) is 0 Å². The number of carbonyl (C=O) groups is 1. The van der Waals surface area contributed by atoms with Gasteiger partial charge in [0, 0.05) is 12.1 Å². The van der Waals surface area contributed by atoms with E-state index in [-0.39, 0.29) is 5.91 Å². The molecule has 0 atom stereocenters. The van der Waals surface area contributed by atoms with E-state index in [1.807, 2.05) is 41.8 Å². The van der Waals surface area contributed by atoms with Crippen molar-refractivity contribution in [2.75, 3.05) is 6.54 Å². The van der Waals surface area contributed by atoms with Gasteiger partial charge in [0.2, 0.25) is 0 Å². The Kier molecular flexibility index (Phi) is 3.59. The lowest BCUT2D eigenvalue weighted by Gasteiger charge is -2.36. The zero-order valence-electron chi connectivity index (χ0n) is 11.1. The van der Waals surface area contributed by atoms with Crippen LogP contribution in [-0.2, 0) is 0 Å². The molecule has 1 aliphatic rings. The van der Waals surface area contributed by atoms with Gasteiger partial charge in [-0.25, -0.2) is 0 Å². The third-order valence-electron chi connectivity index (χ3n) is 3.82. The molecule has 2 aromatic rings. The number of aliphatic hydroxyl groups is 1. The summed E-state index contributed by atoms with van der Waals surface area (Å²) in [4.78, 5) is 13.0. The van der Waals surface area contributed by atoms with E-state index < -0.39 is 5.60 Å². The van der Waals surface area contributed by atoms with Gasteiger partial charge >= 0.3 is 0 Å². The van der Waals surface area contributed by atoms with Gasteiger partial charge in [-0.3, -0.25) is 4.79 Å². The maximum atomic E-state index is 12.3. The Balaban J connectivity index is 1.74. The molecule has 0 bridgehead atoms. The normalized spacial score (nSPS) is 16.4. The fourth-order valence-corrected chi connectivity index (χ4v) is 3.25. The first-order valence-corrected chi connectivity index (χ1v) is 7.69. The summed E-state index contributed by atoms with van der Waals surface area (Å²) in [5, 5.41) is 14.8. The molecule has 1 amide bonds. The molecular formula is C16H17NO2S. The van der Waals surface area contributed by atoms with Crippen LogP contribution < -0.4 is 5.32 Å². The molecule has 1 fully saturated rings. The summed E-state index contributed by atoms with van der Waals surface area (Å²) in [6, 6.07) is 11.9. The summed E-state index contributed by atoms with van der Waals surface area (Å²) in [5.74, 6) is -0.0980. The third-order valence-corrected chi connectivity index (χ3v) is 4.73. The Labute approximate surface area is 122 Å². The first kappa shape index (κ1) is 13.3. The van der Waals surface area contributed by atoms with Gasteiger partial charge in [0.25, 0.3) is 5.91 Å². The molecule has 0 aliphatic heterocycles. The number of nitrogens with one attached hydrogen (secondary N) is 1. The zero-order valence-corrected chi connectivity index (χ0v) is 12.0. The number of amides is 1. The molecule has 0 radical (unpaired) electrons. The predicted octanol–water partition coefficient (Wildman–Crippen LogP) is 3.06. The van der Waals surface area contributed by atoms with Crippen LogP contribution in [0.4, 0.5) is 0 Å². The Morgan fingerprint density at radius 2 is 2.00 bits per heavy atom. The highest BCUT2D eigenvalue weighted by molar-refractivity contribution is 7.12. The van der Waals surface area contributed by atoms with E-state index in [9.17, 15) is 9.90 Å². The Bertz CT molecular complexity index is 602. The van der Waals surface area contributed by atoms with Gasteiger partial charge in [-0.2, -0.15) is 0 Å². The quantitative estimate of drug-likeness (QED) is 0.908. The molecule has 1 aliphatic carbocycles. The van der Waals surface area contributed by atoms with Gasteiger partial charge in [0.1, 0.15) is 0 Å². The molecule has 1 saturated carbocycles. The van der Waals surface area contributed by atoms with Gasteiger partial charge in [-0.1, -0.05) is 30.3 Å². The Morgan fingerprint density at radius 1 is 1.25 bits per heavy atom. The lowest BCUT2D eigenvalue weighted by molar-refractivity contribution is -0.0300. The predicted molar refractivity (Wildman–Crippen MR) is 80.9 cm³/mol. The smallest absolute Gasteiger partial charge is 0.262 e. The highest BCUT2D eigenvalue weighted by Gasteiger charge is 2.34. The van der Waals surface area contributed by atoms with Gasteiger partial charge in [0.05, 0.1) is 10.5 Å². The van der Waals surface area contributed by atoms with E-state index in [0.717, 1.165) is 30.4 Å². The van der Waals surface area contributed by atoms with Crippen molar-refractivity contribution < 1.29 is 9.90 Å². The molecule has 3 rings (SSSR count). The lowest BCUT2D eigenvalue weighted by atomic mass is 9.80. The van der Waals surface area contributed by atoms with Gasteiger partial charge < -0.3 is 10.4 Å². The van der Waals surface area contributed by atoms with Crippen LogP contribution >= 0.6 is 11.3 Å². The molecule has 1 heterocycles. The van der Waals surface area contributed by atoms with Crippen LogP contribution in [-0.4, -0.2) is 23.2 Å². The lowest BCUT2D eigenvalue weighted by Crippen LogP contribution is -2.47. The van der Waals surface area contributed by atoms with Crippen molar-refractivity contribution in [1.29, 1.82) is 0 Å². The van der Waals surface area contributed by atoms with Crippen LogP contribution in [0.15, 0.2) is 41.8 Å². The average molecular weight is 287 g/mol. The number of carbonyl (C=O) groups excluding carboxylic acids is 1. The highest BCUT2D eigenvalue weighted by atomic mass is 32.1. The van der Waals surface area contributed by atoms with Crippen molar-refractivity contribution in [2.45, 2.75) is 24.9 Å². The molecule has 20 heavy (non-hydrogen) atoms.